The normalized spacial score (nSPS) is 20.0. The minimum Gasteiger partial charge on any atom is -0.355 e. The van der Waals surface area contributed by atoms with Crippen molar-refractivity contribution in [1.29, 1.82) is 0 Å². The molecule has 1 aliphatic heterocycles. The Kier molecular flexibility index (Phi) is 6.56. The molecule has 1 saturated heterocycles. The van der Waals surface area contributed by atoms with Gasteiger partial charge in [0.1, 0.15) is 0 Å². The average Bonchev–Trinajstić information content (AvgIpc) is 2.55. The molecule has 1 unspecified atom stereocenters. The second-order valence-electron chi connectivity index (χ2n) is 5.60. The fraction of sp³-hybridized carbons (Fsp3) is 0.929. The van der Waals surface area contributed by atoms with Gasteiger partial charge in [-0.2, -0.15) is 0 Å². The summed E-state index contributed by atoms with van der Waals surface area (Å²) in [5, 5.41) is 3.05. The molecule has 0 radical (unpaired) electrons. The van der Waals surface area contributed by atoms with Crippen molar-refractivity contribution in [2.24, 2.45) is 5.92 Å². The number of nitrogens with zero attached hydrogens (tertiary/aromatic N) is 1. The van der Waals surface area contributed by atoms with Crippen molar-refractivity contribution >= 4 is 5.91 Å². The van der Waals surface area contributed by atoms with Crippen molar-refractivity contribution in [3.8, 4) is 0 Å². The van der Waals surface area contributed by atoms with Gasteiger partial charge in [0.25, 0.3) is 0 Å². The molecule has 3 heteroatoms. The predicted molar refractivity (Wildman–Crippen MR) is 72.0 cm³/mol. The van der Waals surface area contributed by atoms with E-state index in [1.807, 2.05) is 6.92 Å². The van der Waals surface area contributed by atoms with Gasteiger partial charge in [0.15, 0.2) is 0 Å². The second kappa shape index (κ2) is 7.70. The van der Waals surface area contributed by atoms with Gasteiger partial charge in [-0.15, -0.1) is 0 Å². The van der Waals surface area contributed by atoms with E-state index >= 15 is 0 Å². The second-order valence-corrected chi connectivity index (χ2v) is 5.60. The van der Waals surface area contributed by atoms with Crippen LogP contribution in [0, 0.1) is 5.92 Å². The first-order valence-electron chi connectivity index (χ1n) is 7.13. The van der Waals surface area contributed by atoms with Crippen LogP contribution in [0.5, 0.6) is 0 Å². The van der Waals surface area contributed by atoms with Gasteiger partial charge < -0.3 is 5.32 Å². The maximum absolute atomic E-state index is 12.0. The highest BCUT2D eigenvalue weighted by molar-refractivity contribution is 5.81. The van der Waals surface area contributed by atoms with Gasteiger partial charge in [0.2, 0.25) is 5.91 Å². The number of rotatable bonds is 5. The number of carbonyl (C=O) groups is 1. The third-order valence-corrected chi connectivity index (χ3v) is 3.59. The Bertz CT molecular complexity index is 220. The SMILES string of the molecule is CC(C)CCNC(=O)C(C)N1CCCCCC1. The van der Waals surface area contributed by atoms with E-state index in [0.717, 1.165) is 26.1 Å². The van der Waals surface area contributed by atoms with Crippen LogP contribution >= 0.6 is 0 Å². The van der Waals surface area contributed by atoms with Crippen LogP contribution < -0.4 is 5.32 Å². The first kappa shape index (κ1) is 14.5. The molecule has 0 bridgehead atoms. The standard InChI is InChI=1S/C14H28N2O/c1-12(2)8-9-15-14(17)13(3)16-10-6-4-5-7-11-16/h12-13H,4-11H2,1-3H3,(H,15,17). The Hall–Kier alpha value is -0.570. The van der Waals surface area contributed by atoms with Crippen LogP contribution in [-0.4, -0.2) is 36.5 Å². The fourth-order valence-electron chi connectivity index (χ4n) is 2.28. The number of amides is 1. The quantitative estimate of drug-likeness (QED) is 0.800. The molecule has 1 fully saturated rings. The van der Waals surface area contributed by atoms with Crippen LogP contribution in [0.3, 0.4) is 0 Å². The number of hydrogen-bond donors (Lipinski definition) is 1. The molecule has 1 N–H and O–H groups in total. The van der Waals surface area contributed by atoms with Gasteiger partial charge in [-0.25, -0.2) is 0 Å². The number of likely N-dealkylation sites (tertiary alicyclic amines) is 1. The molecule has 100 valence electrons. The molecular weight excluding hydrogens is 212 g/mol. The molecule has 0 aromatic heterocycles. The van der Waals surface area contributed by atoms with Gasteiger partial charge in [-0.05, 0) is 45.2 Å². The lowest BCUT2D eigenvalue weighted by atomic mass is 10.1. The molecule has 1 amide bonds. The van der Waals surface area contributed by atoms with Crippen LogP contribution in [0.15, 0.2) is 0 Å². The van der Waals surface area contributed by atoms with E-state index in [4.69, 9.17) is 0 Å². The van der Waals surface area contributed by atoms with Gasteiger partial charge in [-0.1, -0.05) is 26.7 Å². The molecule has 1 heterocycles. The molecule has 0 aromatic carbocycles. The van der Waals surface area contributed by atoms with E-state index in [2.05, 4.69) is 24.1 Å². The summed E-state index contributed by atoms with van der Waals surface area (Å²) in [6, 6.07) is 0.0419. The Morgan fingerprint density at radius 2 is 1.71 bits per heavy atom. The Labute approximate surface area is 106 Å². The average molecular weight is 240 g/mol. The summed E-state index contributed by atoms with van der Waals surface area (Å²) in [6.45, 7) is 9.39. The third-order valence-electron chi connectivity index (χ3n) is 3.59. The topological polar surface area (TPSA) is 32.3 Å². The van der Waals surface area contributed by atoms with Crippen molar-refractivity contribution in [2.75, 3.05) is 19.6 Å². The van der Waals surface area contributed by atoms with E-state index < -0.39 is 0 Å². The zero-order chi connectivity index (χ0) is 12.7. The lowest BCUT2D eigenvalue weighted by Gasteiger charge is -2.26. The van der Waals surface area contributed by atoms with Crippen molar-refractivity contribution in [3.05, 3.63) is 0 Å². The summed E-state index contributed by atoms with van der Waals surface area (Å²) >= 11 is 0. The maximum atomic E-state index is 12.0. The Morgan fingerprint density at radius 3 is 2.24 bits per heavy atom. The minimum atomic E-state index is 0.0419. The fourth-order valence-corrected chi connectivity index (χ4v) is 2.28. The number of carbonyl (C=O) groups excluding carboxylic acids is 1. The smallest absolute Gasteiger partial charge is 0.237 e. The predicted octanol–water partition coefficient (Wildman–Crippen LogP) is 2.41. The summed E-state index contributed by atoms with van der Waals surface area (Å²) in [4.78, 5) is 14.3. The van der Waals surface area contributed by atoms with Gasteiger partial charge >= 0.3 is 0 Å². The molecule has 0 aliphatic carbocycles. The molecule has 17 heavy (non-hydrogen) atoms. The molecule has 1 aliphatic rings. The molecule has 0 saturated carbocycles. The third kappa shape index (κ3) is 5.53. The molecule has 1 rings (SSSR count). The summed E-state index contributed by atoms with van der Waals surface area (Å²) in [5.41, 5.74) is 0. The summed E-state index contributed by atoms with van der Waals surface area (Å²) in [5.74, 6) is 0.858. The highest BCUT2D eigenvalue weighted by atomic mass is 16.2. The summed E-state index contributed by atoms with van der Waals surface area (Å²) in [7, 11) is 0. The van der Waals surface area contributed by atoms with Crippen LogP contribution in [-0.2, 0) is 4.79 Å². The number of nitrogens with one attached hydrogen (secondary N) is 1. The maximum Gasteiger partial charge on any atom is 0.237 e. The van der Waals surface area contributed by atoms with Crippen LogP contribution in [0.1, 0.15) is 52.9 Å². The molecule has 0 spiro atoms. The molecule has 0 aromatic rings. The first-order valence-corrected chi connectivity index (χ1v) is 7.13. The monoisotopic (exact) mass is 240 g/mol. The zero-order valence-electron chi connectivity index (χ0n) is 11.7. The van der Waals surface area contributed by atoms with Gasteiger partial charge in [0.05, 0.1) is 6.04 Å². The van der Waals surface area contributed by atoms with E-state index in [1.165, 1.54) is 25.7 Å². The van der Waals surface area contributed by atoms with Gasteiger partial charge in [0, 0.05) is 6.54 Å². The first-order chi connectivity index (χ1) is 8.11. The van der Waals surface area contributed by atoms with E-state index in [1.54, 1.807) is 0 Å². The Morgan fingerprint density at radius 1 is 1.12 bits per heavy atom. The van der Waals surface area contributed by atoms with Crippen LogP contribution in [0.2, 0.25) is 0 Å². The van der Waals surface area contributed by atoms with E-state index in [0.29, 0.717) is 5.92 Å². The van der Waals surface area contributed by atoms with Crippen molar-refractivity contribution in [2.45, 2.75) is 58.9 Å². The summed E-state index contributed by atoms with van der Waals surface area (Å²) in [6.07, 6.45) is 6.18. The molecular formula is C14H28N2O. The largest absolute Gasteiger partial charge is 0.355 e. The molecule has 3 nitrogen and oxygen atoms in total. The highest BCUT2D eigenvalue weighted by Gasteiger charge is 2.21. The Balaban J connectivity index is 2.29. The van der Waals surface area contributed by atoms with Gasteiger partial charge in [-0.3, -0.25) is 9.69 Å². The van der Waals surface area contributed by atoms with E-state index in [-0.39, 0.29) is 11.9 Å². The van der Waals surface area contributed by atoms with Crippen LogP contribution in [0.25, 0.3) is 0 Å². The highest BCUT2D eigenvalue weighted by Crippen LogP contribution is 2.12. The zero-order valence-corrected chi connectivity index (χ0v) is 11.7. The van der Waals surface area contributed by atoms with E-state index in [9.17, 15) is 4.79 Å². The number of hydrogen-bond acceptors (Lipinski definition) is 2. The minimum absolute atomic E-state index is 0.0419. The lowest BCUT2D eigenvalue weighted by Crippen LogP contribution is -2.45. The summed E-state index contributed by atoms with van der Waals surface area (Å²) < 4.78 is 0. The molecule has 1 atom stereocenters. The lowest BCUT2D eigenvalue weighted by molar-refractivity contribution is -0.125. The van der Waals surface area contributed by atoms with Crippen molar-refractivity contribution < 1.29 is 4.79 Å². The van der Waals surface area contributed by atoms with Crippen molar-refractivity contribution in [3.63, 3.8) is 0 Å². The van der Waals surface area contributed by atoms with Crippen molar-refractivity contribution in [1.82, 2.24) is 10.2 Å². The van der Waals surface area contributed by atoms with Crippen LogP contribution in [0.4, 0.5) is 0 Å².